The molecule has 0 aromatic heterocycles. The first-order valence-corrected chi connectivity index (χ1v) is 8.93. The summed E-state index contributed by atoms with van der Waals surface area (Å²) in [5.41, 5.74) is 2.31. The van der Waals surface area contributed by atoms with Crippen LogP contribution in [0.2, 0.25) is 0 Å². The van der Waals surface area contributed by atoms with Crippen LogP contribution in [0.4, 0.5) is 10.5 Å². The van der Waals surface area contributed by atoms with Gasteiger partial charge in [0.2, 0.25) is 5.91 Å². The molecule has 0 saturated carbocycles. The van der Waals surface area contributed by atoms with E-state index < -0.39 is 23.4 Å². The average Bonchev–Trinajstić information content (AvgIpc) is 2.86. The summed E-state index contributed by atoms with van der Waals surface area (Å²) in [6, 6.07) is 14.3. The molecule has 0 unspecified atom stereocenters. The Morgan fingerprint density at radius 2 is 1.85 bits per heavy atom. The monoisotopic (exact) mass is 365 g/mol. The smallest absolute Gasteiger partial charge is 0.325 e. The van der Waals surface area contributed by atoms with Crippen LogP contribution >= 0.6 is 0 Å². The van der Waals surface area contributed by atoms with E-state index in [0.717, 1.165) is 22.4 Å². The Balaban J connectivity index is 1.73. The Kier molecular flexibility index (Phi) is 4.99. The molecule has 6 heteroatoms. The molecule has 4 amide bonds. The van der Waals surface area contributed by atoms with Crippen LogP contribution in [0.1, 0.15) is 30.5 Å². The van der Waals surface area contributed by atoms with Crippen molar-refractivity contribution in [2.24, 2.45) is 0 Å². The van der Waals surface area contributed by atoms with Crippen molar-refractivity contribution in [3.05, 3.63) is 65.2 Å². The first kappa shape index (κ1) is 18.6. The minimum absolute atomic E-state index is 0.331. The quantitative estimate of drug-likeness (QED) is 0.800. The zero-order chi connectivity index (χ0) is 19.6. The summed E-state index contributed by atoms with van der Waals surface area (Å²) in [4.78, 5) is 38.5. The summed E-state index contributed by atoms with van der Waals surface area (Å²) in [6.45, 7) is 5.30. The van der Waals surface area contributed by atoms with Crippen LogP contribution in [0.3, 0.4) is 0 Å². The van der Waals surface area contributed by atoms with E-state index in [1.54, 1.807) is 13.0 Å². The lowest BCUT2D eigenvalue weighted by Gasteiger charge is -2.22. The first-order valence-electron chi connectivity index (χ1n) is 8.93. The molecule has 140 valence electrons. The maximum absolute atomic E-state index is 12.9. The number of aryl methyl sites for hydroxylation is 2. The van der Waals surface area contributed by atoms with E-state index >= 15 is 0 Å². The number of amides is 4. The van der Waals surface area contributed by atoms with Gasteiger partial charge in [-0.15, -0.1) is 0 Å². The third kappa shape index (κ3) is 3.69. The summed E-state index contributed by atoms with van der Waals surface area (Å²) in [5, 5.41) is 5.46. The van der Waals surface area contributed by atoms with Gasteiger partial charge in [-0.1, -0.05) is 48.9 Å². The molecule has 2 N–H and O–H groups in total. The van der Waals surface area contributed by atoms with Crippen molar-refractivity contribution in [1.82, 2.24) is 10.2 Å². The van der Waals surface area contributed by atoms with Crippen LogP contribution in [-0.2, 0) is 21.5 Å². The summed E-state index contributed by atoms with van der Waals surface area (Å²) >= 11 is 0. The number of rotatable bonds is 5. The molecule has 1 heterocycles. The standard InChI is InChI=1S/C21H23N3O3/c1-4-15-6-5-7-17(12-15)22-18(25)13-24-19(26)21(3,23-20(24)27)16-10-8-14(2)9-11-16/h5-12H,4,13H2,1-3H3,(H,22,25)(H,23,27)/t21-/m0/s1. The van der Waals surface area contributed by atoms with Crippen LogP contribution in [0, 0.1) is 6.92 Å². The van der Waals surface area contributed by atoms with Gasteiger partial charge in [0, 0.05) is 5.69 Å². The van der Waals surface area contributed by atoms with E-state index in [2.05, 4.69) is 10.6 Å². The van der Waals surface area contributed by atoms with E-state index in [-0.39, 0.29) is 6.54 Å². The second-order valence-corrected chi connectivity index (χ2v) is 6.91. The fraction of sp³-hybridized carbons (Fsp3) is 0.286. The molecule has 0 bridgehead atoms. The Morgan fingerprint density at radius 1 is 1.15 bits per heavy atom. The largest absolute Gasteiger partial charge is 0.325 e. The summed E-state index contributed by atoms with van der Waals surface area (Å²) < 4.78 is 0. The molecular formula is C21H23N3O3. The fourth-order valence-electron chi connectivity index (χ4n) is 3.14. The zero-order valence-corrected chi connectivity index (χ0v) is 15.7. The molecule has 3 rings (SSSR count). The van der Waals surface area contributed by atoms with Crippen molar-refractivity contribution in [2.45, 2.75) is 32.7 Å². The number of carbonyl (C=O) groups is 3. The normalized spacial score (nSPS) is 19.1. The van der Waals surface area contributed by atoms with Gasteiger partial charge in [-0.25, -0.2) is 4.79 Å². The molecule has 2 aromatic carbocycles. The van der Waals surface area contributed by atoms with Gasteiger partial charge in [0.25, 0.3) is 5.91 Å². The third-order valence-electron chi connectivity index (χ3n) is 4.82. The van der Waals surface area contributed by atoms with Crippen molar-refractivity contribution in [3.63, 3.8) is 0 Å². The molecule has 1 atom stereocenters. The number of carbonyl (C=O) groups excluding carboxylic acids is 3. The number of nitrogens with one attached hydrogen (secondary N) is 2. The molecule has 0 radical (unpaired) electrons. The lowest BCUT2D eigenvalue weighted by atomic mass is 9.91. The van der Waals surface area contributed by atoms with Gasteiger partial charge < -0.3 is 10.6 Å². The lowest BCUT2D eigenvalue weighted by molar-refractivity contribution is -0.133. The second-order valence-electron chi connectivity index (χ2n) is 6.91. The van der Waals surface area contributed by atoms with E-state index in [0.29, 0.717) is 11.3 Å². The zero-order valence-electron chi connectivity index (χ0n) is 15.7. The minimum Gasteiger partial charge on any atom is -0.325 e. The summed E-state index contributed by atoms with van der Waals surface area (Å²) in [5.74, 6) is -0.853. The Labute approximate surface area is 158 Å². The van der Waals surface area contributed by atoms with Gasteiger partial charge in [-0.2, -0.15) is 0 Å². The van der Waals surface area contributed by atoms with Crippen molar-refractivity contribution in [1.29, 1.82) is 0 Å². The second kappa shape index (κ2) is 7.23. The van der Waals surface area contributed by atoms with Crippen LogP contribution in [-0.4, -0.2) is 29.3 Å². The predicted molar refractivity (Wildman–Crippen MR) is 103 cm³/mol. The highest BCUT2D eigenvalue weighted by atomic mass is 16.2. The maximum atomic E-state index is 12.9. The molecule has 1 fully saturated rings. The lowest BCUT2D eigenvalue weighted by Crippen LogP contribution is -2.42. The van der Waals surface area contributed by atoms with E-state index in [1.165, 1.54) is 0 Å². The Hall–Kier alpha value is -3.15. The van der Waals surface area contributed by atoms with E-state index in [9.17, 15) is 14.4 Å². The maximum Gasteiger partial charge on any atom is 0.325 e. The number of anilines is 1. The minimum atomic E-state index is -1.17. The third-order valence-corrected chi connectivity index (χ3v) is 4.82. The van der Waals surface area contributed by atoms with Crippen LogP contribution in [0.25, 0.3) is 0 Å². The van der Waals surface area contributed by atoms with Gasteiger partial charge in [-0.3, -0.25) is 14.5 Å². The van der Waals surface area contributed by atoms with E-state index in [1.807, 2.05) is 56.3 Å². The molecule has 2 aromatic rings. The molecule has 6 nitrogen and oxygen atoms in total. The average molecular weight is 365 g/mol. The highest BCUT2D eigenvalue weighted by molar-refractivity contribution is 6.10. The van der Waals surface area contributed by atoms with Crippen LogP contribution < -0.4 is 10.6 Å². The van der Waals surface area contributed by atoms with E-state index in [4.69, 9.17) is 0 Å². The van der Waals surface area contributed by atoms with Gasteiger partial charge >= 0.3 is 6.03 Å². The van der Waals surface area contributed by atoms with Crippen molar-refractivity contribution in [2.75, 3.05) is 11.9 Å². The topological polar surface area (TPSA) is 78.5 Å². The molecule has 1 saturated heterocycles. The number of hydrogen-bond acceptors (Lipinski definition) is 3. The number of imide groups is 1. The highest BCUT2D eigenvalue weighted by Crippen LogP contribution is 2.29. The van der Waals surface area contributed by atoms with Gasteiger partial charge in [0.15, 0.2) is 0 Å². The Morgan fingerprint density at radius 3 is 2.52 bits per heavy atom. The first-order chi connectivity index (χ1) is 12.8. The van der Waals surface area contributed by atoms with Gasteiger partial charge in [0.1, 0.15) is 12.1 Å². The Bertz CT molecular complexity index is 892. The molecule has 27 heavy (non-hydrogen) atoms. The van der Waals surface area contributed by atoms with Crippen LogP contribution in [0.15, 0.2) is 48.5 Å². The van der Waals surface area contributed by atoms with Crippen molar-refractivity contribution < 1.29 is 14.4 Å². The molecule has 1 aliphatic rings. The molecule has 0 spiro atoms. The molecule has 0 aliphatic carbocycles. The predicted octanol–water partition coefficient (Wildman–Crippen LogP) is 2.96. The number of urea groups is 1. The number of benzene rings is 2. The SMILES string of the molecule is CCc1cccc(NC(=O)CN2C(=O)N[C@@](C)(c3ccc(C)cc3)C2=O)c1. The fourth-order valence-corrected chi connectivity index (χ4v) is 3.14. The van der Waals surface area contributed by atoms with Gasteiger partial charge in [0.05, 0.1) is 0 Å². The number of nitrogens with zero attached hydrogens (tertiary/aromatic N) is 1. The number of hydrogen-bond donors (Lipinski definition) is 2. The van der Waals surface area contributed by atoms with Crippen LogP contribution in [0.5, 0.6) is 0 Å². The summed E-state index contributed by atoms with van der Waals surface area (Å²) in [7, 11) is 0. The highest BCUT2D eigenvalue weighted by Gasteiger charge is 2.49. The van der Waals surface area contributed by atoms with Gasteiger partial charge in [-0.05, 0) is 43.5 Å². The molecule has 1 aliphatic heterocycles. The molecular weight excluding hydrogens is 342 g/mol. The van der Waals surface area contributed by atoms with Crippen molar-refractivity contribution in [3.8, 4) is 0 Å². The van der Waals surface area contributed by atoms with Crippen molar-refractivity contribution >= 4 is 23.5 Å². The summed E-state index contributed by atoms with van der Waals surface area (Å²) in [6.07, 6.45) is 0.853.